The molecule has 0 saturated carbocycles. The Bertz CT molecular complexity index is 732. The summed E-state index contributed by atoms with van der Waals surface area (Å²) < 4.78 is 5.18. The standard InChI is InChI=1S/C15H14N2OS2/c1-9-14(13-4-3-7-19-13)17-15(20-9)10-5-6-12(18-2)11(16)8-10/h3-8H,16H2,1-2H3. The fourth-order valence-electron chi connectivity index (χ4n) is 2.03. The van der Waals surface area contributed by atoms with Gasteiger partial charge in [0, 0.05) is 10.4 Å². The zero-order valence-electron chi connectivity index (χ0n) is 11.2. The van der Waals surface area contributed by atoms with Crippen LogP contribution in [0.15, 0.2) is 35.7 Å². The first-order valence-electron chi connectivity index (χ1n) is 6.14. The first kappa shape index (κ1) is 13.1. The van der Waals surface area contributed by atoms with Crippen LogP contribution in [0.4, 0.5) is 5.69 Å². The molecule has 0 atom stereocenters. The number of aromatic nitrogens is 1. The van der Waals surface area contributed by atoms with Crippen molar-refractivity contribution >= 4 is 28.4 Å². The van der Waals surface area contributed by atoms with E-state index in [-0.39, 0.29) is 0 Å². The average Bonchev–Trinajstić information content (AvgIpc) is 3.07. The molecule has 3 rings (SSSR count). The van der Waals surface area contributed by atoms with Crippen molar-refractivity contribution in [3.8, 4) is 26.9 Å². The summed E-state index contributed by atoms with van der Waals surface area (Å²) in [4.78, 5) is 7.17. The van der Waals surface area contributed by atoms with Gasteiger partial charge in [0.15, 0.2) is 0 Å². The van der Waals surface area contributed by atoms with Crippen molar-refractivity contribution in [1.82, 2.24) is 4.98 Å². The summed E-state index contributed by atoms with van der Waals surface area (Å²) >= 11 is 3.39. The number of hydrogen-bond acceptors (Lipinski definition) is 5. The predicted molar refractivity (Wildman–Crippen MR) is 86.6 cm³/mol. The molecular formula is C15H14N2OS2. The molecule has 3 nitrogen and oxygen atoms in total. The number of hydrogen-bond donors (Lipinski definition) is 1. The SMILES string of the molecule is COc1ccc(-c2nc(-c3cccs3)c(C)s2)cc1N. The van der Waals surface area contributed by atoms with E-state index in [1.807, 2.05) is 24.3 Å². The summed E-state index contributed by atoms with van der Waals surface area (Å²) in [6.45, 7) is 2.10. The van der Waals surface area contributed by atoms with E-state index in [2.05, 4.69) is 18.4 Å². The Morgan fingerprint density at radius 3 is 2.75 bits per heavy atom. The van der Waals surface area contributed by atoms with Crippen LogP contribution in [-0.2, 0) is 0 Å². The van der Waals surface area contributed by atoms with E-state index in [9.17, 15) is 0 Å². The smallest absolute Gasteiger partial charge is 0.141 e. The minimum Gasteiger partial charge on any atom is -0.495 e. The molecule has 2 heterocycles. The molecule has 3 aromatic rings. The summed E-state index contributed by atoms with van der Waals surface area (Å²) in [6.07, 6.45) is 0. The molecule has 1 aromatic carbocycles. The number of thiazole rings is 1. The van der Waals surface area contributed by atoms with Crippen molar-refractivity contribution in [1.29, 1.82) is 0 Å². The second kappa shape index (κ2) is 5.26. The molecule has 0 bridgehead atoms. The molecule has 0 amide bonds. The van der Waals surface area contributed by atoms with Gasteiger partial charge in [-0.05, 0) is 36.6 Å². The van der Waals surface area contributed by atoms with Crippen LogP contribution in [-0.4, -0.2) is 12.1 Å². The number of nitrogens with zero attached hydrogens (tertiary/aromatic N) is 1. The fourth-order valence-corrected chi connectivity index (χ4v) is 3.79. The van der Waals surface area contributed by atoms with E-state index >= 15 is 0 Å². The molecule has 2 aromatic heterocycles. The van der Waals surface area contributed by atoms with Crippen LogP contribution in [0.1, 0.15) is 4.88 Å². The third-order valence-corrected chi connectivity index (χ3v) is 4.92. The Kier molecular flexibility index (Phi) is 3.46. The van der Waals surface area contributed by atoms with Gasteiger partial charge < -0.3 is 10.5 Å². The zero-order valence-corrected chi connectivity index (χ0v) is 12.8. The fraction of sp³-hybridized carbons (Fsp3) is 0.133. The van der Waals surface area contributed by atoms with Crippen molar-refractivity contribution in [2.24, 2.45) is 0 Å². The third kappa shape index (κ3) is 2.30. The number of nitrogens with two attached hydrogens (primary N) is 1. The van der Waals surface area contributed by atoms with E-state index in [1.165, 1.54) is 9.75 Å². The molecule has 0 spiro atoms. The second-order valence-corrected chi connectivity index (χ2v) is 6.51. The molecule has 0 aliphatic rings. The lowest BCUT2D eigenvalue weighted by Gasteiger charge is -2.05. The lowest BCUT2D eigenvalue weighted by molar-refractivity contribution is 0.417. The molecule has 20 heavy (non-hydrogen) atoms. The molecule has 0 aliphatic heterocycles. The highest BCUT2D eigenvalue weighted by Gasteiger charge is 2.13. The Labute approximate surface area is 125 Å². The zero-order chi connectivity index (χ0) is 14.1. The van der Waals surface area contributed by atoms with Gasteiger partial charge in [0.2, 0.25) is 0 Å². The van der Waals surface area contributed by atoms with E-state index in [1.54, 1.807) is 29.8 Å². The normalized spacial score (nSPS) is 10.7. The third-order valence-electron chi connectivity index (χ3n) is 3.03. The Morgan fingerprint density at radius 2 is 2.10 bits per heavy atom. The van der Waals surface area contributed by atoms with Crippen LogP contribution in [0.3, 0.4) is 0 Å². The topological polar surface area (TPSA) is 48.1 Å². The summed E-state index contributed by atoms with van der Waals surface area (Å²) in [5.74, 6) is 0.695. The average molecular weight is 302 g/mol. The molecule has 0 unspecified atom stereocenters. The summed E-state index contributed by atoms with van der Waals surface area (Å²) in [7, 11) is 1.62. The number of thiophene rings is 1. The lowest BCUT2D eigenvalue weighted by Crippen LogP contribution is -1.92. The largest absolute Gasteiger partial charge is 0.495 e. The quantitative estimate of drug-likeness (QED) is 0.728. The van der Waals surface area contributed by atoms with Gasteiger partial charge in [0.1, 0.15) is 10.8 Å². The van der Waals surface area contributed by atoms with Crippen LogP contribution in [0.5, 0.6) is 5.75 Å². The van der Waals surface area contributed by atoms with Gasteiger partial charge in [0.05, 0.1) is 23.4 Å². The first-order chi connectivity index (χ1) is 9.69. The summed E-state index contributed by atoms with van der Waals surface area (Å²) in [6, 6.07) is 9.93. The van der Waals surface area contributed by atoms with Gasteiger partial charge in [-0.3, -0.25) is 0 Å². The molecule has 2 N–H and O–H groups in total. The van der Waals surface area contributed by atoms with E-state index in [4.69, 9.17) is 15.5 Å². The van der Waals surface area contributed by atoms with Crippen molar-refractivity contribution in [3.63, 3.8) is 0 Å². The van der Waals surface area contributed by atoms with E-state index in [0.29, 0.717) is 11.4 Å². The van der Waals surface area contributed by atoms with Crippen LogP contribution in [0.2, 0.25) is 0 Å². The Balaban J connectivity index is 2.03. The molecule has 0 aliphatic carbocycles. The molecule has 0 fully saturated rings. The minimum absolute atomic E-state index is 0.635. The Morgan fingerprint density at radius 1 is 1.25 bits per heavy atom. The second-order valence-electron chi connectivity index (χ2n) is 4.36. The molecule has 0 radical (unpaired) electrons. The van der Waals surface area contributed by atoms with Crippen molar-refractivity contribution < 1.29 is 4.74 Å². The maximum absolute atomic E-state index is 5.96. The molecular weight excluding hydrogens is 288 g/mol. The summed E-state index contributed by atoms with van der Waals surface area (Å²) in [5, 5.41) is 3.05. The van der Waals surface area contributed by atoms with Crippen molar-refractivity contribution in [2.45, 2.75) is 6.92 Å². The maximum atomic E-state index is 5.96. The number of nitrogen functional groups attached to an aromatic ring is 1. The number of rotatable bonds is 3. The number of aryl methyl sites for hydroxylation is 1. The van der Waals surface area contributed by atoms with E-state index in [0.717, 1.165) is 16.3 Å². The van der Waals surface area contributed by atoms with Crippen LogP contribution < -0.4 is 10.5 Å². The summed E-state index contributed by atoms with van der Waals surface area (Å²) in [5.41, 5.74) is 8.69. The van der Waals surface area contributed by atoms with Crippen molar-refractivity contribution in [2.75, 3.05) is 12.8 Å². The lowest BCUT2D eigenvalue weighted by atomic mass is 10.2. The maximum Gasteiger partial charge on any atom is 0.141 e. The van der Waals surface area contributed by atoms with Crippen LogP contribution in [0.25, 0.3) is 21.1 Å². The minimum atomic E-state index is 0.635. The Hall–Kier alpha value is -1.85. The van der Waals surface area contributed by atoms with Gasteiger partial charge in [-0.15, -0.1) is 22.7 Å². The first-order valence-corrected chi connectivity index (χ1v) is 7.84. The highest BCUT2D eigenvalue weighted by atomic mass is 32.1. The highest BCUT2D eigenvalue weighted by molar-refractivity contribution is 7.17. The van der Waals surface area contributed by atoms with Crippen LogP contribution in [0, 0.1) is 6.92 Å². The molecule has 0 saturated heterocycles. The predicted octanol–water partition coefficient (Wildman–Crippen LogP) is 4.44. The van der Waals surface area contributed by atoms with E-state index < -0.39 is 0 Å². The highest BCUT2D eigenvalue weighted by Crippen LogP contribution is 2.36. The van der Waals surface area contributed by atoms with Gasteiger partial charge in [-0.1, -0.05) is 6.07 Å². The number of anilines is 1. The number of benzene rings is 1. The van der Waals surface area contributed by atoms with Crippen LogP contribution >= 0.6 is 22.7 Å². The molecule has 102 valence electrons. The van der Waals surface area contributed by atoms with Gasteiger partial charge >= 0.3 is 0 Å². The monoisotopic (exact) mass is 302 g/mol. The van der Waals surface area contributed by atoms with Crippen molar-refractivity contribution in [3.05, 3.63) is 40.6 Å². The number of ether oxygens (including phenoxy) is 1. The van der Waals surface area contributed by atoms with Gasteiger partial charge in [-0.25, -0.2) is 4.98 Å². The van der Waals surface area contributed by atoms with Gasteiger partial charge in [-0.2, -0.15) is 0 Å². The molecule has 5 heteroatoms. The number of methoxy groups -OCH3 is 1. The van der Waals surface area contributed by atoms with Gasteiger partial charge in [0.25, 0.3) is 0 Å².